The molecule has 0 saturated heterocycles. The maximum atomic E-state index is 10.9. The summed E-state index contributed by atoms with van der Waals surface area (Å²) in [5.74, 6) is 0.281. The zero-order valence-corrected chi connectivity index (χ0v) is 8.99. The number of hydrogen-bond acceptors (Lipinski definition) is 2. The first-order chi connectivity index (χ1) is 7.72. The summed E-state index contributed by atoms with van der Waals surface area (Å²) in [6.07, 6.45) is 0.827. The van der Waals surface area contributed by atoms with Gasteiger partial charge in [-0.05, 0) is 42.2 Å². The van der Waals surface area contributed by atoms with Crippen molar-refractivity contribution in [1.29, 1.82) is 0 Å². The molecule has 1 unspecified atom stereocenters. The van der Waals surface area contributed by atoms with Crippen LogP contribution in [-0.2, 0) is 11.2 Å². The molecule has 2 aliphatic rings. The van der Waals surface area contributed by atoms with Gasteiger partial charge in [0.2, 0.25) is 0 Å². The van der Waals surface area contributed by atoms with Gasteiger partial charge < -0.3 is 9.84 Å². The van der Waals surface area contributed by atoms with E-state index in [1.54, 1.807) is 0 Å². The molecule has 1 aromatic rings. The first-order valence-electron chi connectivity index (χ1n) is 5.45. The molecule has 0 spiro atoms. The van der Waals surface area contributed by atoms with Gasteiger partial charge in [-0.2, -0.15) is 0 Å². The van der Waals surface area contributed by atoms with E-state index >= 15 is 0 Å². The van der Waals surface area contributed by atoms with E-state index in [1.165, 1.54) is 5.56 Å². The summed E-state index contributed by atoms with van der Waals surface area (Å²) >= 11 is 0. The fourth-order valence-electron chi connectivity index (χ4n) is 2.55. The minimum Gasteiger partial charge on any atom is -0.494 e. The van der Waals surface area contributed by atoms with Gasteiger partial charge in [-0.25, -0.2) is 4.79 Å². The van der Waals surface area contributed by atoms with Crippen molar-refractivity contribution in [2.75, 3.05) is 6.61 Å². The van der Waals surface area contributed by atoms with E-state index in [-0.39, 0.29) is 5.92 Å². The lowest BCUT2D eigenvalue weighted by atomic mass is 10.1. The lowest BCUT2D eigenvalue weighted by Gasteiger charge is -2.06. The van der Waals surface area contributed by atoms with E-state index in [0.717, 1.165) is 23.3 Å². The van der Waals surface area contributed by atoms with Crippen LogP contribution in [0.3, 0.4) is 0 Å². The minimum atomic E-state index is -0.764. The minimum absolute atomic E-state index is 0.171. The van der Waals surface area contributed by atoms with Crippen molar-refractivity contribution in [2.24, 2.45) is 5.92 Å². The Hall–Kier alpha value is -1.77. The van der Waals surface area contributed by atoms with Gasteiger partial charge in [0, 0.05) is 11.5 Å². The van der Waals surface area contributed by atoms with Crippen LogP contribution in [0.15, 0.2) is 23.8 Å². The Kier molecular flexibility index (Phi) is 1.84. The van der Waals surface area contributed by atoms with Crippen LogP contribution in [0.2, 0.25) is 0 Å². The third-order valence-corrected chi connectivity index (χ3v) is 3.24. The lowest BCUT2D eigenvalue weighted by Crippen LogP contribution is -1.98. The molecule has 0 aliphatic heterocycles. The Morgan fingerprint density at radius 1 is 1.56 bits per heavy atom. The molecule has 0 bridgehead atoms. The number of benzene rings is 1. The number of allylic oxidation sites excluding steroid dienone is 1. The number of ether oxygens (including phenoxy) is 1. The van der Waals surface area contributed by atoms with Crippen LogP contribution in [0.5, 0.6) is 5.75 Å². The Bertz CT molecular complexity index is 514. The van der Waals surface area contributed by atoms with Crippen molar-refractivity contribution in [3.8, 4) is 5.75 Å². The molecule has 0 amide bonds. The standard InChI is InChI=1S/C13H12O3/c1-2-16-8-3-4-9-7(5-8)6-10-11(9)12(10)13(14)15/h3-5,10H,2,6H2,1H3,(H,14,15). The van der Waals surface area contributed by atoms with Crippen LogP contribution in [0.25, 0.3) is 5.57 Å². The smallest absolute Gasteiger partial charge is 0.332 e. The third kappa shape index (κ3) is 1.18. The summed E-state index contributed by atoms with van der Waals surface area (Å²) in [4.78, 5) is 10.9. The third-order valence-electron chi connectivity index (χ3n) is 3.24. The van der Waals surface area contributed by atoms with Gasteiger partial charge in [0.05, 0.1) is 6.61 Å². The van der Waals surface area contributed by atoms with Crippen LogP contribution >= 0.6 is 0 Å². The molecule has 0 saturated carbocycles. The summed E-state index contributed by atoms with van der Waals surface area (Å²) < 4.78 is 5.42. The van der Waals surface area contributed by atoms with Gasteiger partial charge in [0.25, 0.3) is 0 Å². The van der Waals surface area contributed by atoms with E-state index in [2.05, 4.69) is 0 Å². The Morgan fingerprint density at radius 3 is 3.06 bits per heavy atom. The van der Waals surface area contributed by atoms with Gasteiger partial charge in [-0.1, -0.05) is 6.07 Å². The van der Waals surface area contributed by atoms with Crippen LogP contribution in [-0.4, -0.2) is 17.7 Å². The largest absolute Gasteiger partial charge is 0.494 e. The quantitative estimate of drug-likeness (QED) is 0.841. The van der Waals surface area contributed by atoms with Gasteiger partial charge in [0.15, 0.2) is 0 Å². The maximum absolute atomic E-state index is 10.9. The van der Waals surface area contributed by atoms with Crippen LogP contribution in [0.1, 0.15) is 18.1 Å². The van der Waals surface area contributed by atoms with Crippen LogP contribution in [0.4, 0.5) is 0 Å². The average Bonchev–Trinajstić information content (AvgIpc) is 2.83. The monoisotopic (exact) mass is 216 g/mol. The molecule has 3 heteroatoms. The lowest BCUT2D eigenvalue weighted by molar-refractivity contribution is -0.132. The number of carboxylic acid groups (broad SMARTS) is 1. The predicted molar refractivity (Wildman–Crippen MR) is 59.4 cm³/mol. The second-order valence-electron chi connectivity index (χ2n) is 4.14. The molecule has 82 valence electrons. The second kappa shape index (κ2) is 3.11. The first kappa shape index (κ1) is 9.46. The highest BCUT2D eigenvalue weighted by Crippen LogP contribution is 2.55. The molecule has 1 atom stereocenters. The number of rotatable bonds is 3. The van der Waals surface area contributed by atoms with E-state index in [1.807, 2.05) is 25.1 Å². The molecule has 0 fully saturated rings. The van der Waals surface area contributed by atoms with Gasteiger partial charge >= 0.3 is 5.97 Å². The fourth-order valence-corrected chi connectivity index (χ4v) is 2.55. The molecule has 16 heavy (non-hydrogen) atoms. The fraction of sp³-hybridized carbons (Fsp3) is 0.308. The van der Waals surface area contributed by atoms with Gasteiger partial charge in [-0.3, -0.25) is 0 Å². The van der Waals surface area contributed by atoms with Crippen LogP contribution < -0.4 is 4.74 Å². The zero-order valence-electron chi connectivity index (χ0n) is 8.99. The van der Waals surface area contributed by atoms with E-state index in [9.17, 15) is 4.79 Å². The summed E-state index contributed by atoms with van der Waals surface area (Å²) in [6.45, 7) is 2.61. The normalized spacial score (nSPS) is 20.4. The average molecular weight is 216 g/mol. The zero-order chi connectivity index (χ0) is 11.3. The molecule has 1 N–H and O–H groups in total. The maximum Gasteiger partial charge on any atom is 0.332 e. The Labute approximate surface area is 93.4 Å². The van der Waals surface area contributed by atoms with Crippen molar-refractivity contribution in [3.63, 3.8) is 0 Å². The Morgan fingerprint density at radius 2 is 2.38 bits per heavy atom. The molecular formula is C13H12O3. The molecule has 2 aliphatic carbocycles. The summed E-state index contributed by atoms with van der Waals surface area (Å²) in [6, 6.07) is 5.92. The molecule has 3 rings (SSSR count). The number of carbonyl (C=O) groups is 1. The molecule has 0 radical (unpaired) electrons. The van der Waals surface area contributed by atoms with Crippen LogP contribution in [0, 0.1) is 5.92 Å². The molecule has 3 nitrogen and oxygen atoms in total. The number of fused-ring (bicyclic) bond motifs is 3. The topological polar surface area (TPSA) is 46.5 Å². The molecule has 0 aromatic heterocycles. The van der Waals surface area contributed by atoms with Crippen molar-refractivity contribution < 1.29 is 14.6 Å². The highest BCUT2D eigenvalue weighted by molar-refractivity contribution is 6.11. The highest BCUT2D eigenvalue weighted by Gasteiger charge is 2.47. The molecule has 0 heterocycles. The predicted octanol–water partition coefficient (Wildman–Crippen LogP) is 2.11. The van der Waals surface area contributed by atoms with Gasteiger partial charge in [0.1, 0.15) is 5.75 Å². The molecular weight excluding hydrogens is 204 g/mol. The van der Waals surface area contributed by atoms with Crippen molar-refractivity contribution in [1.82, 2.24) is 0 Å². The van der Waals surface area contributed by atoms with Crippen molar-refractivity contribution in [3.05, 3.63) is 34.9 Å². The van der Waals surface area contributed by atoms with Crippen molar-refractivity contribution in [2.45, 2.75) is 13.3 Å². The SMILES string of the molecule is CCOc1ccc2c(c1)CC1C(C(=O)O)=C21. The Balaban J connectivity index is 1.97. The van der Waals surface area contributed by atoms with Gasteiger partial charge in [-0.15, -0.1) is 0 Å². The molecule has 1 aromatic carbocycles. The summed E-state index contributed by atoms with van der Waals surface area (Å²) in [7, 11) is 0. The van der Waals surface area contributed by atoms with E-state index < -0.39 is 5.97 Å². The second-order valence-corrected chi connectivity index (χ2v) is 4.14. The first-order valence-corrected chi connectivity index (χ1v) is 5.45. The highest BCUT2D eigenvalue weighted by atomic mass is 16.5. The van der Waals surface area contributed by atoms with E-state index in [0.29, 0.717) is 12.2 Å². The number of carboxylic acids is 1. The van der Waals surface area contributed by atoms with E-state index in [4.69, 9.17) is 9.84 Å². The number of aliphatic carboxylic acids is 1. The summed E-state index contributed by atoms with van der Waals surface area (Å²) in [5.41, 5.74) is 3.96. The summed E-state index contributed by atoms with van der Waals surface area (Å²) in [5, 5.41) is 8.94. The number of hydrogen-bond donors (Lipinski definition) is 1. The van der Waals surface area contributed by atoms with Crippen molar-refractivity contribution >= 4 is 11.5 Å².